The minimum absolute atomic E-state index is 0.0805. The van der Waals surface area contributed by atoms with Gasteiger partial charge in [0.1, 0.15) is 10.6 Å². The molecule has 0 unspecified atom stereocenters. The van der Waals surface area contributed by atoms with Crippen LogP contribution in [-0.2, 0) is 14.8 Å². The van der Waals surface area contributed by atoms with Crippen molar-refractivity contribution >= 4 is 45.2 Å². The normalized spacial score (nSPS) is 15.5. The first-order valence-corrected chi connectivity index (χ1v) is 11.7. The van der Waals surface area contributed by atoms with Crippen LogP contribution >= 0.6 is 23.2 Å². The summed E-state index contributed by atoms with van der Waals surface area (Å²) in [4.78, 5) is 14.1. The zero-order chi connectivity index (χ0) is 21.7. The highest BCUT2D eigenvalue weighted by molar-refractivity contribution is 7.89. The van der Waals surface area contributed by atoms with Crippen LogP contribution in [0.1, 0.15) is 12.5 Å². The number of carbonyl (C=O) groups is 1. The van der Waals surface area contributed by atoms with Crippen LogP contribution in [0.3, 0.4) is 0 Å². The molecule has 1 saturated heterocycles. The molecule has 1 heterocycles. The van der Waals surface area contributed by atoms with Gasteiger partial charge in [0.15, 0.2) is 0 Å². The second-order valence-corrected chi connectivity index (χ2v) is 9.27. The number of piperazine rings is 1. The van der Waals surface area contributed by atoms with Crippen molar-refractivity contribution in [3.8, 4) is 5.75 Å². The minimum atomic E-state index is -3.84. The van der Waals surface area contributed by atoms with E-state index in [1.54, 1.807) is 17.0 Å². The van der Waals surface area contributed by atoms with Crippen molar-refractivity contribution in [2.45, 2.75) is 11.8 Å². The molecule has 0 saturated carbocycles. The standard InChI is InChI=1S/C21H22Cl2N2O4S/c1-2-29-19-9-4-3-6-16(19)10-11-20(26)24-12-14-25(15-13-24)30(27,28)21-17(22)7-5-8-18(21)23/h3-11H,2,12-15H2,1H3/b11-10+. The van der Waals surface area contributed by atoms with Crippen molar-refractivity contribution in [2.75, 3.05) is 32.8 Å². The van der Waals surface area contributed by atoms with Crippen molar-refractivity contribution in [2.24, 2.45) is 0 Å². The van der Waals surface area contributed by atoms with E-state index < -0.39 is 10.0 Å². The van der Waals surface area contributed by atoms with Crippen LogP contribution in [0.2, 0.25) is 10.0 Å². The molecule has 0 bridgehead atoms. The van der Waals surface area contributed by atoms with Crippen LogP contribution in [0.5, 0.6) is 5.75 Å². The van der Waals surface area contributed by atoms with Crippen molar-refractivity contribution in [1.82, 2.24) is 9.21 Å². The summed E-state index contributed by atoms with van der Waals surface area (Å²) >= 11 is 12.1. The van der Waals surface area contributed by atoms with Gasteiger partial charge in [0.25, 0.3) is 0 Å². The summed E-state index contributed by atoms with van der Waals surface area (Å²) in [5.74, 6) is 0.519. The molecule has 0 radical (unpaired) electrons. The van der Waals surface area contributed by atoms with E-state index in [0.717, 1.165) is 5.56 Å². The van der Waals surface area contributed by atoms with Crippen molar-refractivity contribution < 1.29 is 17.9 Å². The number of benzene rings is 2. The van der Waals surface area contributed by atoms with Crippen LogP contribution in [-0.4, -0.2) is 56.3 Å². The van der Waals surface area contributed by atoms with Gasteiger partial charge in [0.05, 0.1) is 16.7 Å². The minimum Gasteiger partial charge on any atom is -0.493 e. The summed E-state index contributed by atoms with van der Waals surface area (Å²) in [5, 5.41) is 0.161. The van der Waals surface area contributed by atoms with Crippen molar-refractivity contribution in [1.29, 1.82) is 0 Å². The Kier molecular flexibility index (Phi) is 7.41. The lowest BCUT2D eigenvalue weighted by atomic mass is 10.2. The number of ether oxygens (including phenoxy) is 1. The first-order chi connectivity index (χ1) is 14.3. The number of para-hydroxylation sites is 1. The lowest BCUT2D eigenvalue weighted by Gasteiger charge is -2.33. The van der Waals surface area contributed by atoms with Crippen LogP contribution in [0, 0.1) is 0 Å². The Morgan fingerprint density at radius 3 is 2.30 bits per heavy atom. The quantitative estimate of drug-likeness (QED) is 0.602. The predicted molar refractivity (Wildman–Crippen MR) is 118 cm³/mol. The molecule has 160 valence electrons. The topological polar surface area (TPSA) is 66.9 Å². The van der Waals surface area contributed by atoms with E-state index in [9.17, 15) is 13.2 Å². The van der Waals surface area contributed by atoms with E-state index in [4.69, 9.17) is 27.9 Å². The van der Waals surface area contributed by atoms with Crippen molar-refractivity contribution in [3.63, 3.8) is 0 Å². The maximum Gasteiger partial charge on any atom is 0.246 e. The van der Waals surface area contributed by atoms with Crippen LogP contribution in [0.25, 0.3) is 6.08 Å². The molecule has 30 heavy (non-hydrogen) atoms. The first-order valence-electron chi connectivity index (χ1n) is 9.47. The number of halogens is 2. The highest BCUT2D eigenvalue weighted by Gasteiger charge is 2.32. The largest absolute Gasteiger partial charge is 0.493 e. The second-order valence-electron chi connectivity index (χ2n) is 6.58. The third-order valence-corrected chi connectivity index (χ3v) is 7.55. The highest BCUT2D eigenvalue weighted by Crippen LogP contribution is 2.32. The summed E-state index contributed by atoms with van der Waals surface area (Å²) in [5.41, 5.74) is 0.808. The average molecular weight is 469 g/mol. The van der Waals surface area contributed by atoms with E-state index in [-0.39, 0.29) is 47.0 Å². The number of sulfonamides is 1. The fourth-order valence-corrected chi connectivity index (χ4v) is 5.69. The molecule has 1 aliphatic rings. The van der Waals surface area contributed by atoms with Crippen LogP contribution in [0.4, 0.5) is 0 Å². The Labute approximate surface area is 186 Å². The molecule has 0 aromatic heterocycles. The molecule has 6 nitrogen and oxygen atoms in total. The summed E-state index contributed by atoms with van der Waals surface area (Å²) < 4.78 is 32.7. The molecule has 1 fully saturated rings. The third kappa shape index (κ3) is 4.98. The number of nitrogens with zero attached hydrogens (tertiary/aromatic N) is 2. The Morgan fingerprint density at radius 2 is 1.67 bits per heavy atom. The number of carbonyl (C=O) groups excluding carboxylic acids is 1. The fraction of sp³-hybridized carbons (Fsp3) is 0.286. The SMILES string of the molecule is CCOc1ccccc1/C=C/C(=O)N1CCN(S(=O)(=O)c2c(Cl)cccc2Cl)CC1. The molecule has 2 aromatic rings. The second kappa shape index (κ2) is 9.83. The Hall–Kier alpha value is -2.06. The number of amides is 1. The van der Waals surface area contributed by atoms with Gasteiger partial charge < -0.3 is 9.64 Å². The van der Waals surface area contributed by atoms with E-state index in [0.29, 0.717) is 12.4 Å². The van der Waals surface area contributed by atoms with E-state index in [1.807, 2.05) is 31.2 Å². The Bertz CT molecular complexity index is 1030. The van der Waals surface area contributed by atoms with Gasteiger partial charge in [0, 0.05) is 37.8 Å². The average Bonchev–Trinajstić information content (AvgIpc) is 2.73. The van der Waals surface area contributed by atoms with Gasteiger partial charge in [-0.05, 0) is 31.2 Å². The zero-order valence-corrected chi connectivity index (χ0v) is 18.8. The van der Waals surface area contributed by atoms with Crippen molar-refractivity contribution in [3.05, 3.63) is 64.1 Å². The molecular weight excluding hydrogens is 447 g/mol. The zero-order valence-electron chi connectivity index (χ0n) is 16.4. The van der Waals surface area contributed by atoms with Crippen LogP contribution < -0.4 is 4.74 Å². The van der Waals surface area contributed by atoms with Gasteiger partial charge in [-0.15, -0.1) is 0 Å². The Morgan fingerprint density at radius 1 is 1.03 bits per heavy atom. The number of hydrogen-bond donors (Lipinski definition) is 0. The molecule has 2 aromatic carbocycles. The fourth-order valence-electron chi connectivity index (χ4n) is 3.18. The predicted octanol–water partition coefficient (Wildman–Crippen LogP) is 3.94. The maximum atomic E-state index is 12.9. The van der Waals surface area contributed by atoms with E-state index >= 15 is 0 Å². The summed E-state index contributed by atoms with van der Waals surface area (Å²) in [6.45, 7) is 3.31. The number of rotatable bonds is 6. The lowest BCUT2D eigenvalue weighted by Crippen LogP contribution is -2.50. The molecule has 0 spiro atoms. The lowest BCUT2D eigenvalue weighted by molar-refractivity contribution is -0.127. The summed E-state index contributed by atoms with van der Waals surface area (Å²) in [6.07, 6.45) is 3.19. The molecule has 1 aliphatic heterocycles. The summed E-state index contributed by atoms with van der Waals surface area (Å²) in [6, 6.07) is 12.0. The molecule has 0 atom stereocenters. The molecule has 0 N–H and O–H groups in total. The maximum absolute atomic E-state index is 12.9. The van der Waals surface area contributed by atoms with Gasteiger partial charge in [-0.2, -0.15) is 4.31 Å². The van der Waals surface area contributed by atoms with Gasteiger partial charge in [-0.25, -0.2) is 8.42 Å². The van der Waals surface area contributed by atoms with Crippen LogP contribution in [0.15, 0.2) is 53.4 Å². The third-order valence-electron chi connectivity index (χ3n) is 4.69. The molecule has 9 heteroatoms. The molecular formula is C21H22Cl2N2O4S. The van der Waals surface area contributed by atoms with Gasteiger partial charge >= 0.3 is 0 Å². The van der Waals surface area contributed by atoms with E-state index in [1.165, 1.54) is 22.5 Å². The van der Waals surface area contributed by atoms with Gasteiger partial charge in [0.2, 0.25) is 15.9 Å². The van der Waals surface area contributed by atoms with Gasteiger partial charge in [-0.3, -0.25) is 4.79 Å². The van der Waals surface area contributed by atoms with Gasteiger partial charge in [-0.1, -0.05) is 47.5 Å². The Balaban J connectivity index is 1.66. The number of hydrogen-bond acceptors (Lipinski definition) is 4. The molecule has 0 aliphatic carbocycles. The monoisotopic (exact) mass is 468 g/mol. The van der Waals surface area contributed by atoms with E-state index in [2.05, 4.69) is 0 Å². The molecule has 1 amide bonds. The smallest absolute Gasteiger partial charge is 0.246 e. The molecule has 3 rings (SSSR count). The first kappa shape index (κ1) is 22.6. The summed E-state index contributed by atoms with van der Waals surface area (Å²) in [7, 11) is -3.84. The highest BCUT2D eigenvalue weighted by atomic mass is 35.5.